The molecular weight excluding hydrogens is 190 g/mol. The van der Waals surface area contributed by atoms with Gasteiger partial charge in [0.1, 0.15) is 0 Å². The molecule has 0 aromatic carbocycles. The Hall–Kier alpha value is -1.00. The van der Waals surface area contributed by atoms with Gasteiger partial charge in [-0.3, -0.25) is 0 Å². The van der Waals surface area contributed by atoms with Gasteiger partial charge in [0.05, 0.1) is 11.8 Å². The van der Waals surface area contributed by atoms with Crippen molar-refractivity contribution in [1.82, 2.24) is 15.5 Å². The molecule has 1 N–H and O–H groups in total. The number of nitrogens with zero attached hydrogens (tertiary/aromatic N) is 2. The highest BCUT2D eigenvalue weighted by Crippen LogP contribution is 2.11. The molecule has 2 heterocycles. The predicted molar refractivity (Wildman–Crippen MR) is 57.3 cm³/mol. The third-order valence-electron chi connectivity index (χ3n) is 2.58. The van der Waals surface area contributed by atoms with E-state index in [-0.39, 0.29) is 0 Å². The molecule has 1 aromatic rings. The standard InChI is InChI=1S/C11H17N3O/c1-2-7-15-11(5-1)9-12-8-10-4-3-6-13-14-10/h3-4,6,11-12H,1-2,5,7-9H2. The maximum atomic E-state index is 5.62. The summed E-state index contributed by atoms with van der Waals surface area (Å²) >= 11 is 0. The smallest absolute Gasteiger partial charge is 0.0768 e. The molecule has 15 heavy (non-hydrogen) atoms. The van der Waals surface area contributed by atoms with Crippen LogP contribution >= 0.6 is 0 Å². The van der Waals surface area contributed by atoms with Crippen LogP contribution in [0, 0.1) is 0 Å². The van der Waals surface area contributed by atoms with Gasteiger partial charge in [0.25, 0.3) is 0 Å². The maximum Gasteiger partial charge on any atom is 0.0768 e. The Morgan fingerprint density at radius 1 is 1.47 bits per heavy atom. The zero-order chi connectivity index (χ0) is 10.3. The van der Waals surface area contributed by atoms with Gasteiger partial charge >= 0.3 is 0 Å². The van der Waals surface area contributed by atoms with Gasteiger partial charge in [-0.25, -0.2) is 0 Å². The molecule has 1 saturated heterocycles. The average molecular weight is 207 g/mol. The second-order valence-electron chi connectivity index (χ2n) is 3.83. The van der Waals surface area contributed by atoms with E-state index in [4.69, 9.17) is 4.74 Å². The van der Waals surface area contributed by atoms with Crippen molar-refractivity contribution in [2.45, 2.75) is 31.9 Å². The minimum absolute atomic E-state index is 0.385. The van der Waals surface area contributed by atoms with Gasteiger partial charge in [-0.15, -0.1) is 0 Å². The third kappa shape index (κ3) is 3.57. The van der Waals surface area contributed by atoms with Gasteiger partial charge in [-0.1, -0.05) is 0 Å². The molecule has 0 bridgehead atoms. The van der Waals surface area contributed by atoms with E-state index in [1.165, 1.54) is 19.3 Å². The molecule has 1 fully saturated rings. The van der Waals surface area contributed by atoms with Crippen LogP contribution in [0.4, 0.5) is 0 Å². The summed E-state index contributed by atoms with van der Waals surface area (Å²) in [7, 11) is 0. The highest BCUT2D eigenvalue weighted by Gasteiger charge is 2.12. The molecule has 1 unspecified atom stereocenters. The fourth-order valence-corrected chi connectivity index (χ4v) is 1.76. The van der Waals surface area contributed by atoms with Crippen LogP contribution in [-0.2, 0) is 11.3 Å². The van der Waals surface area contributed by atoms with Crippen molar-refractivity contribution >= 4 is 0 Å². The van der Waals surface area contributed by atoms with Crippen LogP contribution in [0.2, 0.25) is 0 Å². The van der Waals surface area contributed by atoms with E-state index in [0.29, 0.717) is 6.10 Å². The lowest BCUT2D eigenvalue weighted by molar-refractivity contribution is 0.0167. The minimum atomic E-state index is 0.385. The van der Waals surface area contributed by atoms with E-state index < -0.39 is 0 Å². The molecule has 1 aliphatic heterocycles. The highest BCUT2D eigenvalue weighted by atomic mass is 16.5. The normalized spacial score (nSPS) is 21.5. The summed E-state index contributed by atoms with van der Waals surface area (Å²) < 4.78 is 5.62. The van der Waals surface area contributed by atoms with Crippen LogP contribution in [0.3, 0.4) is 0 Å². The van der Waals surface area contributed by atoms with E-state index in [2.05, 4.69) is 15.5 Å². The Morgan fingerprint density at radius 3 is 3.20 bits per heavy atom. The molecule has 0 radical (unpaired) electrons. The molecule has 4 nitrogen and oxygen atoms in total. The molecular formula is C11H17N3O. The van der Waals surface area contributed by atoms with E-state index in [0.717, 1.165) is 25.4 Å². The summed E-state index contributed by atoms with van der Waals surface area (Å²) in [4.78, 5) is 0. The van der Waals surface area contributed by atoms with Gasteiger partial charge in [0.2, 0.25) is 0 Å². The first-order chi connectivity index (χ1) is 7.45. The lowest BCUT2D eigenvalue weighted by Gasteiger charge is -2.22. The van der Waals surface area contributed by atoms with Crippen LogP contribution in [0.1, 0.15) is 25.0 Å². The number of ether oxygens (including phenoxy) is 1. The topological polar surface area (TPSA) is 47.0 Å². The Balaban J connectivity index is 1.66. The Labute approximate surface area is 90.1 Å². The zero-order valence-corrected chi connectivity index (χ0v) is 8.85. The molecule has 0 aliphatic carbocycles. The summed E-state index contributed by atoms with van der Waals surface area (Å²) in [5.74, 6) is 0. The largest absolute Gasteiger partial charge is 0.377 e. The molecule has 0 spiro atoms. The van der Waals surface area contributed by atoms with E-state index in [1.54, 1.807) is 6.20 Å². The Bertz CT molecular complexity index is 272. The zero-order valence-electron chi connectivity index (χ0n) is 8.85. The van der Waals surface area contributed by atoms with Crippen molar-refractivity contribution in [2.24, 2.45) is 0 Å². The average Bonchev–Trinajstić information content (AvgIpc) is 2.32. The predicted octanol–water partition coefficient (Wildman–Crippen LogP) is 1.14. The number of hydrogen-bond acceptors (Lipinski definition) is 4. The van der Waals surface area contributed by atoms with Crippen LogP contribution in [0.15, 0.2) is 18.3 Å². The Morgan fingerprint density at radius 2 is 2.47 bits per heavy atom. The first-order valence-electron chi connectivity index (χ1n) is 5.54. The molecule has 2 rings (SSSR count). The summed E-state index contributed by atoms with van der Waals surface area (Å²) in [6.07, 6.45) is 5.75. The minimum Gasteiger partial charge on any atom is -0.377 e. The van der Waals surface area contributed by atoms with E-state index >= 15 is 0 Å². The van der Waals surface area contributed by atoms with Gasteiger partial charge in [0.15, 0.2) is 0 Å². The molecule has 0 saturated carbocycles. The van der Waals surface area contributed by atoms with Crippen LogP contribution < -0.4 is 5.32 Å². The summed E-state index contributed by atoms with van der Waals surface area (Å²) in [5.41, 5.74) is 0.980. The number of aromatic nitrogens is 2. The van der Waals surface area contributed by atoms with Crippen LogP contribution in [-0.4, -0.2) is 29.5 Å². The second kappa shape index (κ2) is 5.78. The molecule has 1 atom stereocenters. The summed E-state index contributed by atoms with van der Waals surface area (Å²) in [6.45, 7) is 2.60. The SMILES string of the molecule is c1cnnc(CNCC2CCCCO2)c1. The number of nitrogens with one attached hydrogen (secondary N) is 1. The van der Waals surface area contributed by atoms with E-state index in [1.807, 2.05) is 12.1 Å². The third-order valence-corrected chi connectivity index (χ3v) is 2.58. The fourth-order valence-electron chi connectivity index (χ4n) is 1.76. The first-order valence-corrected chi connectivity index (χ1v) is 5.54. The molecule has 1 aromatic heterocycles. The summed E-state index contributed by atoms with van der Waals surface area (Å²) in [6, 6.07) is 3.88. The molecule has 4 heteroatoms. The van der Waals surface area contributed by atoms with Gasteiger partial charge < -0.3 is 10.1 Å². The maximum absolute atomic E-state index is 5.62. The molecule has 1 aliphatic rings. The van der Waals surface area contributed by atoms with Crippen molar-refractivity contribution in [3.05, 3.63) is 24.0 Å². The van der Waals surface area contributed by atoms with Crippen LogP contribution in [0.25, 0.3) is 0 Å². The number of rotatable bonds is 4. The Kier molecular flexibility index (Phi) is 4.05. The fraction of sp³-hybridized carbons (Fsp3) is 0.636. The van der Waals surface area contributed by atoms with E-state index in [9.17, 15) is 0 Å². The van der Waals surface area contributed by atoms with Crippen molar-refractivity contribution in [2.75, 3.05) is 13.2 Å². The lowest BCUT2D eigenvalue weighted by atomic mass is 10.1. The monoisotopic (exact) mass is 207 g/mol. The van der Waals surface area contributed by atoms with Crippen LogP contribution in [0.5, 0.6) is 0 Å². The van der Waals surface area contributed by atoms with Gasteiger partial charge in [-0.05, 0) is 31.4 Å². The first kappa shape index (κ1) is 10.5. The second-order valence-corrected chi connectivity index (χ2v) is 3.83. The summed E-state index contributed by atoms with van der Waals surface area (Å²) in [5, 5.41) is 11.2. The van der Waals surface area contributed by atoms with Crippen molar-refractivity contribution < 1.29 is 4.74 Å². The quantitative estimate of drug-likeness (QED) is 0.804. The lowest BCUT2D eigenvalue weighted by Crippen LogP contribution is -2.31. The highest BCUT2D eigenvalue weighted by molar-refractivity contribution is 4.98. The van der Waals surface area contributed by atoms with Crippen molar-refractivity contribution in [3.63, 3.8) is 0 Å². The molecule has 82 valence electrons. The van der Waals surface area contributed by atoms with Gasteiger partial charge in [-0.2, -0.15) is 10.2 Å². The van der Waals surface area contributed by atoms with Crippen molar-refractivity contribution in [1.29, 1.82) is 0 Å². The van der Waals surface area contributed by atoms with Gasteiger partial charge in [0, 0.05) is 25.9 Å². The molecule has 0 amide bonds. The number of hydrogen-bond donors (Lipinski definition) is 1. The van der Waals surface area contributed by atoms with Crippen molar-refractivity contribution in [3.8, 4) is 0 Å².